The molecule has 0 spiro atoms. The molecule has 1 aliphatic carbocycles. The molecule has 3 heterocycles. The van der Waals surface area contributed by atoms with E-state index in [1.807, 2.05) is 31.3 Å². The number of rotatable bonds is 15. The molecule has 4 aromatic carbocycles. The van der Waals surface area contributed by atoms with Crippen LogP contribution in [-0.4, -0.2) is 55.0 Å². The number of anilines is 2. The van der Waals surface area contributed by atoms with Crippen LogP contribution < -0.4 is 23.3 Å². The third-order valence-corrected chi connectivity index (χ3v) is 1420. The van der Waals surface area contributed by atoms with Crippen molar-refractivity contribution < 1.29 is 68.3 Å². The van der Waals surface area contributed by atoms with Crippen molar-refractivity contribution in [2.75, 3.05) is 10.0 Å². The molecule has 0 atom stereocenters. The normalized spacial score (nSPS) is 15.3. The van der Waals surface area contributed by atoms with E-state index in [9.17, 15) is 24.0 Å². The van der Waals surface area contributed by atoms with Crippen LogP contribution in [0.4, 0.5) is 11.4 Å². The van der Waals surface area contributed by atoms with Gasteiger partial charge in [0.1, 0.15) is 12.1 Å². The Morgan fingerprint density at radius 1 is 0.667 bits per heavy atom. The van der Waals surface area contributed by atoms with E-state index in [1.54, 1.807) is 28.8 Å². The van der Waals surface area contributed by atoms with Gasteiger partial charge in [0.05, 0.1) is 29.7 Å². The van der Waals surface area contributed by atoms with Crippen LogP contribution in [0.1, 0.15) is 70.4 Å². The van der Waals surface area contributed by atoms with Gasteiger partial charge in [0.2, 0.25) is 28.9 Å². The van der Waals surface area contributed by atoms with Gasteiger partial charge in [0.15, 0.2) is 0 Å². The van der Waals surface area contributed by atoms with Crippen LogP contribution in [0.25, 0.3) is 16.5 Å². The predicted molar refractivity (Wildman–Crippen MR) is 523 cm³/mol. The number of halogens is 25. The van der Waals surface area contributed by atoms with E-state index in [2.05, 4.69) is 255 Å². The van der Waals surface area contributed by atoms with Gasteiger partial charge in [0.25, 0.3) is 11.8 Å². The van der Waals surface area contributed by atoms with Gasteiger partial charge in [-0.25, -0.2) is 0 Å². The monoisotopic (exact) mass is 3810 g/mol. The van der Waals surface area contributed by atoms with Gasteiger partial charge in [-0.3, -0.25) is 28.5 Å². The van der Waals surface area contributed by atoms with Crippen molar-refractivity contribution >= 4 is 399 Å². The molecule has 2 amide bonds. The van der Waals surface area contributed by atoms with Crippen LogP contribution >= 0.6 is 322 Å². The second-order valence-corrected chi connectivity index (χ2v) is 473. The third-order valence-electron chi connectivity index (χ3n) is 11.1. The Kier molecular flexibility index (Phi) is 42.3. The summed E-state index contributed by atoms with van der Waals surface area (Å²) in [6, 6.07) is 21.7. The summed E-state index contributed by atoms with van der Waals surface area (Å²) >= 11 is 60.2. The summed E-state index contributed by atoms with van der Waals surface area (Å²) in [5, 5.41) is 30.1. The topological polar surface area (TPSA) is 169 Å². The SMILES string of the molecule is CC(=O)n1cc(C)c2cc(Cc3c(Cl)cc(N4N=C(C#N)C(=O)CC4=O)cc3Cl)ccc21.CC1=CCc2ccc(Cc3c(Cl)cc(N4N=C(C#N)C(=O)CC4=O)cc3Cl)cc21.I[I-]I(I)I(I)I(I)I(I)I(I)I(I)I(I)I(I)I(I)I.[2H][B].[U]. The Balaban J connectivity index is 0.000000274. The molecule has 2 aliphatic heterocycles. The molecule has 460 valence electrons. The van der Waals surface area contributed by atoms with E-state index < -0.39 is 75.7 Å². The average Bonchev–Trinajstić information content (AvgIpc) is 2.76. The first kappa shape index (κ1) is 84.7. The zero-order valence-corrected chi connectivity index (χ0v) is 94.2. The van der Waals surface area contributed by atoms with Crippen LogP contribution in [0.2, 0.25) is 20.1 Å². The maximum atomic E-state index is 12.2. The summed E-state index contributed by atoms with van der Waals surface area (Å²) < 4.78 is 6.86. The number of aryl methyl sites for hydroxylation is 1. The minimum atomic E-state index is -0.619. The number of allylic oxidation sites excluding steroid dienone is 2. The summed E-state index contributed by atoms with van der Waals surface area (Å²) in [5.74, 6) is -2.37. The van der Waals surface area contributed by atoms with E-state index in [1.165, 1.54) is 35.8 Å². The maximum Gasteiger partial charge on any atom is 0.0379 e. The summed E-state index contributed by atoms with van der Waals surface area (Å²) in [6.07, 6.45) is 5.08. The number of hydrazone groups is 2. The molecule has 0 saturated heterocycles. The fourth-order valence-electron chi connectivity index (χ4n) is 7.45. The number of carbonyl (C=O) groups is 5. The minimum absolute atomic E-state index is 0. The van der Waals surface area contributed by atoms with E-state index in [0.29, 0.717) is 57.4 Å². The molecule has 84 heavy (non-hydrogen) atoms. The molecule has 0 fully saturated rings. The zero-order valence-electron chi connectivity index (χ0n) is 42.7. The van der Waals surface area contributed by atoms with Gasteiger partial charge in [0, 0.05) is 90.9 Å². The number of ketones is 2. The molecule has 0 saturated carbocycles. The molecular weight excluding hydrogens is 3770 g/mol. The summed E-state index contributed by atoms with van der Waals surface area (Å²) in [4.78, 5) is 59.6. The van der Waals surface area contributed by atoms with E-state index in [0.717, 1.165) is 49.6 Å². The molecule has 3 aliphatic rings. The van der Waals surface area contributed by atoms with E-state index in [4.69, 9.17) is 58.3 Å². The second-order valence-electron chi connectivity index (χ2n) is 16.0. The van der Waals surface area contributed by atoms with Crippen LogP contribution in [0.5, 0.6) is 0 Å². The van der Waals surface area contributed by atoms with E-state index in [-0.39, 0.29) is 85.7 Å². The van der Waals surface area contributed by atoms with Crippen molar-refractivity contribution in [2.24, 2.45) is 10.2 Å². The minimum Gasteiger partial charge on any atom is -0.0379 e. The number of hydrogen-bond acceptors (Lipinski definition) is 9. The summed E-state index contributed by atoms with van der Waals surface area (Å²) in [5.41, 5.74) is 8.99. The van der Waals surface area contributed by atoms with Crippen molar-refractivity contribution in [3.05, 3.63) is 132 Å². The number of aromatic nitrogens is 1. The number of nitrogens with zero attached hydrogens (tertiary/aromatic N) is 7. The Morgan fingerprint density at radius 3 is 1.50 bits per heavy atom. The number of amides is 2. The molecule has 0 unspecified atom stereocenters. The smallest absolute Gasteiger partial charge is 0.0379 e. The first-order chi connectivity index (χ1) is 39.6. The summed E-state index contributed by atoms with van der Waals surface area (Å²) in [7, 11) is 0.242. The van der Waals surface area contributed by atoms with Crippen molar-refractivity contribution in [3.63, 3.8) is 0 Å². The first-order valence-corrected chi connectivity index (χ1v) is 149. The van der Waals surface area contributed by atoms with Gasteiger partial charge >= 0.3 is 289 Å². The van der Waals surface area contributed by atoms with Crippen molar-refractivity contribution in [1.29, 1.82) is 11.9 Å². The molecule has 0 bridgehead atoms. The molecule has 8 rings (SSSR count). The molecule has 1 aromatic heterocycles. The van der Waals surface area contributed by atoms with Gasteiger partial charge < -0.3 is 0 Å². The van der Waals surface area contributed by atoms with Crippen LogP contribution in [0, 0.1) is 60.7 Å². The van der Waals surface area contributed by atoms with Crippen molar-refractivity contribution in [3.8, 4) is 12.1 Å². The predicted octanol–water partition coefficient (Wildman–Crippen LogP) is 23.5. The fourth-order valence-corrected chi connectivity index (χ4v) is 3150. The Labute approximate surface area is 680 Å². The maximum absolute atomic E-state index is 12.2. The largest absolute Gasteiger partial charge is 0.0379 e. The molecule has 39 heteroatoms. The first-order valence-electron chi connectivity index (χ1n) is 22.1. The Morgan fingerprint density at radius 2 is 1.08 bits per heavy atom. The molecule has 12 nitrogen and oxygen atoms in total. The number of Topliss-reactive ketones (excluding diaryl/α,β-unsaturated/α-hetero) is 2. The number of nitriles is 2. The summed E-state index contributed by atoms with van der Waals surface area (Å²) in [6.45, 7) is 5.55. The molecule has 2 radical (unpaired) electrons. The standard InChI is InChI=1S/C23H16Cl2N4O3.C22H15Cl2N3O2.BH.I21.U/c1-12-11-28(13(2)30)21-4-3-14(5-16(12)21)6-17-18(24)7-15(8-19(17)25)29-23(32)9-22(31)20(10-26)27-29;1-12-2-4-14-5-3-13(6-16(12)14)7-17-18(23)8-15(9-19(17)24)27-22(29)10-21(28)20(11-25)26-27;;1-12-14(4)16(6)18(8)20(10)21(11)19(9)17(7)15(5)13(2)3;/h3-5,7-8,11H,6,9H2,1-2H3;2-3,5-6,8-9H,4,7,10H2,1H3;1H;;/q;;;-1;/i;;1D;;. The van der Waals surface area contributed by atoms with Crippen LogP contribution in [0.3, 0.4) is 0 Å². The number of benzene rings is 4. The Hall–Kier alpha value is 10.0. The Bertz CT molecular complexity index is 3530. The van der Waals surface area contributed by atoms with Gasteiger partial charge in [-0.1, -0.05) is 76.7 Å². The van der Waals surface area contributed by atoms with Gasteiger partial charge in [-0.2, -0.15) is 30.7 Å². The molecular formula is C45H32BCl4I21N7O5U-. The second kappa shape index (κ2) is 42.0. The fraction of sp³-hybridized carbons (Fsp3) is 0.178. The average molecular weight is 3810 g/mol. The molecule has 0 N–H and O–H groups in total. The van der Waals surface area contributed by atoms with E-state index >= 15 is 0 Å². The molecule has 5 aromatic rings. The van der Waals surface area contributed by atoms with Crippen LogP contribution in [-0.2, 0) is 38.4 Å². The van der Waals surface area contributed by atoms with Gasteiger partial charge in [-0.15, -0.1) is 0 Å². The quantitative estimate of drug-likeness (QED) is 0.0571. The number of carbonyl (C=O) groups excluding carboxylic acids is 5. The van der Waals surface area contributed by atoms with Gasteiger partial charge in [-0.05, 0) is 103 Å². The van der Waals surface area contributed by atoms with Crippen LogP contribution in [0.15, 0.2) is 83.1 Å². The zero-order chi connectivity index (χ0) is 62.8. The van der Waals surface area contributed by atoms with Crippen molar-refractivity contribution in [1.82, 2.24) is 4.57 Å². The third kappa shape index (κ3) is 23.8. The number of hydrogen-bond donors (Lipinski definition) is 0. The number of fused-ring (bicyclic) bond motifs is 2. The van der Waals surface area contributed by atoms with Crippen molar-refractivity contribution in [2.45, 2.75) is 52.9 Å².